The van der Waals surface area contributed by atoms with Gasteiger partial charge in [0, 0.05) is 24.3 Å². The normalized spacial score (nSPS) is 11.8. The average molecular weight is 445 g/mol. The first kappa shape index (κ1) is 21.9. The molecule has 10 heteroatoms. The number of hydrogen-bond donors (Lipinski definition) is 2. The Morgan fingerprint density at radius 2 is 1.76 bits per heavy atom. The van der Waals surface area contributed by atoms with Crippen molar-refractivity contribution in [3.8, 4) is 0 Å². The van der Waals surface area contributed by atoms with Crippen molar-refractivity contribution >= 4 is 34.1 Å². The molecule has 0 aliphatic rings. The summed E-state index contributed by atoms with van der Waals surface area (Å²) in [5.74, 6) is -0.468. The van der Waals surface area contributed by atoms with E-state index in [1.807, 2.05) is 19.1 Å². The fourth-order valence-electron chi connectivity index (χ4n) is 3.36. The third-order valence-electron chi connectivity index (χ3n) is 5.28. The Morgan fingerprint density at radius 1 is 1.03 bits per heavy atom. The number of rotatable bonds is 7. The van der Waals surface area contributed by atoms with Crippen LogP contribution in [0.2, 0.25) is 0 Å². The number of aromatic nitrogens is 5. The van der Waals surface area contributed by atoms with Crippen molar-refractivity contribution in [1.82, 2.24) is 24.3 Å². The second-order valence-electron chi connectivity index (χ2n) is 7.63. The third-order valence-corrected chi connectivity index (χ3v) is 5.28. The highest BCUT2D eigenvalue weighted by Gasteiger charge is 2.15. The molecule has 2 N–H and O–H groups in total. The summed E-state index contributed by atoms with van der Waals surface area (Å²) in [5, 5.41) is 10.1. The highest BCUT2D eigenvalue weighted by Crippen LogP contribution is 2.16. The molecule has 4 rings (SSSR count). The van der Waals surface area contributed by atoms with Gasteiger partial charge in [-0.25, -0.2) is 14.6 Å². The van der Waals surface area contributed by atoms with E-state index in [1.54, 1.807) is 37.3 Å². The monoisotopic (exact) mass is 445 g/mol. The number of aryl methyl sites for hydroxylation is 2. The van der Waals surface area contributed by atoms with Crippen LogP contribution in [-0.2, 0) is 16.1 Å². The van der Waals surface area contributed by atoms with E-state index in [9.17, 15) is 14.4 Å². The zero-order valence-electron chi connectivity index (χ0n) is 18.2. The number of nitrogens with one attached hydrogen (secondary N) is 2. The molecule has 0 saturated heterocycles. The van der Waals surface area contributed by atoms with Gasteiger partial charge in [-0.3, -0.25) is 19.0 Å². The number of nitrogens with zero attached hydrogens (tertiary/aromatic N) is 5. The molecule has 2 amide bonds. The molecule has 0 aliphatic heterocycles. The van der Waals surface area contributed by atoms with E-state index in [0.717, 1.165) is 5.56 Å². The largest absolute Gasteiger partial charge is 0.326 e. The van der Waals surface area contributed by atoms with E-state index in [0.29, 0.717) is 22.3 Å². The van der Waals surface area contributed by atoms with E-state index < -0.39 is 6.04 Å². The number of carbonyl (C=O) groups excluding carboxylic acids is 2. The number of hydrogen-bond acceptors (Lipinski definition) is 6. The highest BCUT2D eigenvalue weighted by molar-refractivity contribution is 5.94. The van der Waals surface area contributed by atoms with Gasteiger partial charge in [-0.1, -0.05) is 12.1 Å². The minimum Gasteiger partial charge on any atom is -0.326 e. The number of fused-ring (bicyclic) bond motifs is 1. The van der Waals surface area contributed by atoms with Crippen molar-refractivity contribution in [3.63, 3.8) is 0 Å². The van der Waals surface area contributed by atoms with Crippen LogP contribution in [0.25, 0.3) is 10.9 Å². The molecule has 2 aromatic carbocycles. The fraction of sp³-hybridized carbons (Fsp3) is 0.217. The average Bonchev–Trinajstić information content (AvgIpc) is 3.35. The lowest BCUT2D eigenvalue weighted by Crippen LogP contribution is -2.24. The Hall–Kier alpha value is -4.34. The number of para-hydroxylation sites is 1. The van der Waals surface area contributed by atoms with E-state index in [2.05, 4.69) is 25.7 Å². The van der Waals surface area contributed by atoms with Gasteiger partial charge in [0.25, 0.3) is 5.56 Å². The molecule has 0 bridgehead atoms. The Labute approximate surface area is 189 Å². The van der Waals surface area contributed by atoms with Crippen molar-refractivity contribution in [2.24, 2.45) is 0 Å². The topological polar surface area (TPSA) is 124 Å². The van der Waals surface area contributed by atoms with Crippen molar-refractivity contribution in [3.05, 3.63) is 77.4 Å². The predicted molar refractivity (Wildman–Crippen MR) is 124 cm³/mol. The van der Waals surface area contributed by atoms with E-state index in [4.69, 9.17) is 0 Å². The van der Waals surface area contributed by atoms with Crippen LogP contribution in [0.5, 0.6) is 0 Å². The summed E-state index contributed by atoms with van der Waals surface area (Å²) in [4.78, 5) is 45.5. The van der Waals surface area contributed by atoms with Crippen LogP contribution in [0.15, 0.2) is 66.2 Å². The molecule has 0 spiro atoms. The van der Waals surface area contributed by atoms with Gasteiger partial charge in [-0.15, -0.1) is 0 Å². The predicted octanol–water partition coefficient (Wildman–Crippen LogP) is 2.52. The minimum atomic E-state index is -0.510. The van der Waals surface area contributed by atoms with Crippen molar-refractivity contribution in [1.29, 1.82) is 0 Å². The molecular weight excluding hydrogens is 422 g/mol. The van der Waals surface area contributed by atoms with E-state index in [1.165, 1.54) is 28.2 Å². The fourth-order valence-corrected chi connectivity index (χ4v) is 3.36. The van der Waals surface area contributed by atoms with Gasteiger partial charge in [-0.2, -0.15) is 5.10 Å². The number of carbonyl (C=O) groups is 2. The zero-order valence-corrected chi connectivity index (χ0v) is 18.2. The van der Waals surface area contributed by atoms with E-state index >= 15 is 0 Å². The Kier molecular flexibility index (Phi) is 6.25. The van der Waals surface area contributed by atoms with Crippen molar-refractivity contribution in [2.45, 2.75) is 32.9 Å². The minimum absolute atomic E-state index is 0.118. The molecule has 0 radical (unpaired) electrons. The van der Waals surface area contributed by atoms with Crippen LogP contribution in [-0.4, -0.2) is 36.1 Å². The highest BCUT2D eigenvalue weighted by atomic mass is 16.2. The summed E-state index contributed by atoms with van der Waals surface area (Å²) in [5.41, 5.74) is 2.61. The van der Waals surface area contributed by atoms with Gasteiger partial charge in [-0.05, 0) is 49.7 Å². The second-order valence-corrected chi connectivity index (χ2v) is 7.63. The second kappa shape index (κ2) is 9.43. The van der Waals surface area contributed by atoms with Crippen LogP contribution in [0.1, 0.15) is 24.9 Å². The molecule has 10 nitrogen and oxygen atoms in total. The molecule has 2 heterocycles. The zero-order chi connectivity index (χ0) is 23.4. The summed E-state index contributed by atoms with van der Waals surface area (Å²) in [7, 11) is 0. The van der Waals surface area contributed by atoms with Crippen LogP contribution in [0.3, 0.4) is 0 Å². The standard InChI is InChI=1S/C23H23N7O3/c1-15-4-3-5-19-21(15)25-14-29(23(19)33)11-10-20(31)27-17-6-8-18(9-7-17)28-22(32)16(2)30-13-24-12-26-30/h3-9,12-14,16H,10-11H2,1-2H3,(H,27,31)(H,28,32). The lowest BCUT2D eigenvalue weighted by molar-refractivity contribution is -0.119. The molecule has 0 aliphatic carbocycles. The summed E-state index contributed by atoms with van der Waals surface area (Å²) >= 11 is 0. The first-order valence-electron chi connectivity index (χ1n) is 10.4. The van der Waals surface area contributed by atoms with Gasteiger partial charge >= 0.3 is 0 Å². The molecule has 4 aromatic rings. The molecular formula is C23H23N7O3. The van der Waals surface area contributed by atoms with Crippen molar-refractivity contribution in [2.75, 3.05) is 10.6 Å². The molecule has 1 atom stereocenters. The number of anilines is 2. The van der Waals surface area contributed by atoms with Crippen LogP contribution >= 0.6 is 0 Å². The van der Waals surface area contributed by atoms with Crippen LogP contribution < -0.4 is 16.2 Å². The van der Waals surface area contributed by atoms with Gasteiger partial charge in [0.05, 0.1) is 17.2 Å². The molecule has 1 unspecified atom stereocenters. The van der Waals surface area contributed by atoms with Crippen LogP contribution in [0.4, 0.5) is 11.4 Å². The maximum atomic E-state index is 12.6. The molecule has 0 fully saturated rings. The first-order valence-corrected chi connectivity index (χ1v) is 10.4. The van der Waals surface area contributed by atoms with Crippen molar-refractivity contribution < 1.29 is 9.59 Å². The number of benzene rings is 2. The lowest BCUT2D eigenvalue weighted by atomic mass is 10.1. The molecule has 168 valence electrons. The molecule has 0 saturated carbocycles. The first-order chi connectivity index (χ1) is 15.9. The Bertz CT molecular complexity index is 1350. The van der Waals surface area contributed by atoms with Gasteiger partial charge in [0.2, 0.25) is 11.8 Å². The smallest absolute Gasteiger partial charge is 0.261 e. The quantitative estimate of drug-likeness (QED) is 0.451. The third kappa shape index (κ3) is 4.95. The lowest BCUT2D eigenvalue weighted by Gasteiger charge is -2.12. The van der Waals surface area contributed by atoms with E-state index in [-0.39, 0.29) is 30.3 Å². The van der Waals surface area contributed by atoms with Gasteiger partial charge in [0.15, 0.2) is 0 Å². The number of amides is 2. The summed E-state index contributed by atoms with van der Waals surface area (Å²) in [6, 6.07) is 11.7. The van der Waals surface area contributed by atoms with Gasteiger partial charge < -0.3 is 10.6 Å². The van der Waals surface area contributed by atoms with Crippen LogP contribution in [0, 0.1) is 6.92 Å². The summed E-state index contributed by atoms with van der Waals surface area (Å²) < 4.78 is 2.90. The maximum Gasteiger partial charge on any atom is 0.261 e. The molecule has 33 heavy (non-hydrogen) atoms. The summed E-state index contributed by atoms with van der Waals surface area (Å²) in [6.07, 6.45) is 4.44. The summed E-state index contributed by atoms with van der Waals surface area (Å²) in [6.45, 7) is 3.84. The SMILES string of the molecule is Cc1cccc2c(=O)n(CCC(=O)Nc3ccc(NC(=O)C(C)n4cncn4)cc3)cnc12. The maximum absolute atomic E-state index is 12.6. The Balaban J connectivity index is 1.33. The van der Waals surface area contributed by atoms with Gasteiger partial charge in [0.1, 0.15) is 18.7 Å². The Morgan fingerprint density at radius 3 is 2.45 bits per heavy atom. The molecule has 2 aromatic heterocycles.